The van der Waals surface area contributed by atoms with Crippen molar-refractivity contribution in [2.75, 3.05) is 38.2 Å². The van der Waals surface area contributed by atoms with Crippen LogP contribution in [0, 0.1) is 28.4 Å². The van der Waals surface area contributed by atoms with E-state index >= 15 is 0 Å². The first kappa shape index (κ1) is 21.6. The molecule has 30 heavy (non-hydrogen) atoms. The predicted molar refractivity (Wildman–Crippen MR) is 113 cm³/mol. The van der Waals surface area contributed by atoms with Gasteiger partial charge in [0.05, 0.1) is 29.2 Å². The fourth-order valence-electron chi connectivity index (χ4n) is 3.77. The van der Waals surface area contributed by atoms with Crippen LogP contribution in [0.25, 0.3) is 0 Å². The number of nitrogens with zero attached hydrogens (tertiary/aromatic N) is 4. The molecular weight excluding hydrogens is 408 g/mol. The minimum Gasteiger partial charge on any atom is -0.468 e. The van der Waals surface area contributed by atoms with E-state index in [1.54, 1.807) is 31.2 Å². The van der Waals surface area contributed by atoms with Crippen LogP contribution < -0.4 is 4.90 Å². The average Bonchev–Trinajstić information content (AvgIpc) is 2.75. The number of hydrogen-bond acceptors (Lipinski definition) is 7. The Morgan fingerprint density at radius 1 is 1.27 bits per heavy atom. The molecule has 0 aliphatic carbocycles. The molecule has 0 aromatic heterocycles. The number of anilines is 1. The van der Waals surface area contributed by atoms with Gasteiger partial charge in [0.1, 0.15) is 6.04 Å². The molecule has 0 amide bonds. The van der Waals surface area contributed by atoms with E-state index in [4.69, 9.17) is 16.3 Å². The molecule has 1 aliphatic rings. The lowest BCUT2D eigenvalue weighted by molar-refractivity contribution is -0.385. The molecule has 8 nitrogen and oxygen atoms in total. The standard InChI is InChI=1S/C21H21ClN4O4/c1-14-18(11-15(13-23)12-19(14)26(28)29)24-7-9-25(10-8-24)20(21(27)30-2)16-5-3-4-6-17(16)22/h3-6,11-12,20H,7-10H2,1-2H3. The maximum atomic E-state index is 12.5. The first-order valence-electron chi connectivity index (χ1n) is 9.37. The highest BCUT2D eigenvalue weighted by Gasteiger charge is 2.33. The Balaban J connectivity index is 1.86. The van der Waals surface area contributed by atoms with Crippen molar-refractivity contribution in [2.45, 2.75) is 13.0 Å². The quantitative estimate of drug-likeness (QED) is 0.408. The van der Waals surface area contributed by atoms with Crippen molar-refractivity contribution in [2.24, 2.45) is 0 Å². The third-order valence-corrected chi connectivity index (χ3v) is 5.67. The summed E-state index contributed by atoms with van der Waals surface area (Å²) in [6, 6.07) is 11.5. The van der Waals surface area contributed by atoms with Crippen LogP contribution in [0.3, 0.4) is 0 Å². The molecule has 1 fully saturated rings. The Hall–Kier alpha value is -3.15. The van der Waals surface area contributed by atoms with Gasteiger partial charge in [-0.25, -0.2) is 4.79 Å². The number of nitro benzene ring substituents is 1. The van der Waals surface area contributed by atoms with Gasteiger partial charge in [0.15, 0.2) is 0 Å². The molecule has 9 heteroatoms. The molecule has 2 aromatic carbocycles. The summed E-state index contributed by atoms with van der Waals surface area (Å²) in [6.07, 6.45) is 0. The fourth-order valence-corrected chi connectivity index (χ4v) is 4.01. The first-order chi connectivity index (χ1) is 14.4. The second-order valence-electron chi connectivity index (χ2n) is 6.98. The Morgan fingerprint density at radius 2 is 1.93 bits per heavy atom. The van der Waals surface area contributed by atoms with Crippen molar-refractivity contribution in [1.82, 2.24) is 4.90 Å². The summed E-state index contributed by atoms with van der Waals surface area (Å²) in [6.45, 7) is 3.79. The zero-order valence-corrected chi connectivity index (χ0v) is 17.4. The number of halogens is 1. The zero-order valence-electron chi connectivity index (χ0n) is 16.7. The van der Waals surface area contributed by atoms with E-state index in [1.165, 1.54) is 13.2 Å². The second-order valence-corrected chi connectivity index (χ2v) is 7.39. The van der Waals surface area contributed by atoms with Gasteiger partial charge in [0.2, 0.25) is 0 Å². The van der Waals surface area contributed by atoms with E-state index in [0.29, 0.717) is 48.0 Å². The van der Waals surface area contributed by atoms with Crippen molar-refractivity contribution >= 4 is 28.9 Å². The molecule has 1 saturated heterocycles. The van der Waals surface area contributed by atoms with Crippen LogP contribution in [0.15, 0.2) is 36.4 Å². The molecule has 0 bridgehead atoms. The molecule has 0 spiro atoms. The molecule has 2 aromatic rings. The second kappa shape index (κ2) is 9.11. The molecule has 1 unspecified atom stereocenters. The normalized spacial score (nSPS) is 15.3. The number of ether oxygens (including phenoxy) is 1. The summed E-state index contributed by atoms with van der Waals surface area (Å²) in [5.74, 6) is -0.394. The molecule has 1 aliphatic heterocycles. The van der Waals surface area contributed by atoms with Gasteiger partial charge in [-0.15, -0.1) is 0 Å². The van der Waals surface area contributed by atoms with Crippen LogP contribution in [-0.2, 0) is 9.53 Å². The Labute approximate surface area is 179 Å². The summed E-state index contributed by atoms with van der Waals surface area (Å²) >= 11 is 6.33. The summed E-state index contributed by atoms with van der Waals surface area (Å²) in [5, 5.41) is 21.1. The van der Waals surface area contributed by atoms with E-state index < -0.39 is 16.9 Å². The van der Waals surface area contributed by atoms with Gasteiger partial charge < -0.3 is 9.64 Å². The van der Waals surface area contributed by atoms with E-state index in [2.05, 4.69) is 0 Å². The van der Waals surface area contributed by atoms with E-state index in [9.17, 15) is 20.2 Å². The molecule has 1 atom stereocenters. The van der Waals surface area contributed by atoms with Crippen molar-refractivity contribution in [3.8, 4) is 6.07 Å². The van der Waals surface area contributed by atoms with Crippen LogP contribution in [0.4, 0.5) is 11.4 Å². The largest absolute Gasteiger partial charge is 0.468 e. The molecule has 1 heterocycles. The van der Waals surface area contributed by atoms with E-state index in [-0.39, 0.29) is 11.3 Å². The number of esters is 1. The number of carbonyl (C=O) groups excluding carboxylic acids is 1. The number of benzene rings is 2. The highest BCUT2D eigenvalue weighted by molar-refractivity contribution is 6.31. The lowest BCUT2D eigenvalue weighted by Gasteiger charge is -2.39. The minimum atomic E-state index is -0.633. The van der Waals surface area contributed by atoms with Crippen LogP contribution in [0.2, 0.25) is 5.02 Å². The molecule has 3 rings (SSSR count). The van der Waals surface area contributed by atoms with Gasteiger partial charge in [-0.1, -0.05) is 29.8 Å². The zero-order chi connectivity index (χ0) is 21.8. The Kier molecular flexibility index (Phi) is 6.55. The van der Waals surface area contributed by atoms with Gasteiger partial charge >= 0.3 is 5.97 Å². The molecular formula is C21H21ClN4O4. The highest BCUT2D eigenvalue weighted by atomic mass is 35.5. The number of methoxy groups -OCH3 is 1. The number of piperazine rings is 1. The lowest BCUT2D eigenvalue weighted by atomic mass is 10.0. The van der Waals surface area contributed by atoms with Crippen molar-refractivity contribution in [3.63, 3.8) is 0 Å². The van der Waals surface area contributed by atoms with Crippen LogP contribution in [0.5, 0.6) is 0 Å². The molecule has 0 radical (unpaired) electrons. The summed E-state index contributed by atoms with van der Waals surface area (Å²) in [7, 11) is 1.35. The van der Waals surface area contributed by atoms with Crippen LogP contribution in [0.1, 0.15) is 22.7 Å². The number of hydrogen-bond donors (Lipinski definition) is 0. The first-order valence-corrected chi connectivity index (χ1v) is 9.75. The summed E-state index contributed by atoms with van der Waals surface area (Å²) in [5.41, 5.74) is 2.02. The van der Waals surface area contributed by atoms with Gasteiger partial charge in [-0.3, -0.25) is 15.0 Å². The third-order valence-electron chi connectivity index (χ3n) is 5.32. The van der Waals surface area contributed by atoms with Crippen LogP contribution >= 0.6 is 11.6 Å². The predicted octanol–water partition coefficient (Wildman–Crippen LogP) is 3.46. The van der Waals surface area contributed by atoms with Gasteiger partial charge in [0, 0.05) is 43.0 Å². The van der Waals surface area contributed by atoms with Crippen molar-refractivity contribution in [1.29, 1.82) is 5.26 Å². The highest BCUT2D eigenvalue weighted by Crippen LogP contribution is 2.33. The SMILES string of the molecule is COC(=O)C(c1ccccc1Cl)N1CCN(c2cc(C#N)cc([N+](=O)[O-])c2C)CC1. The lowest BCUT2D eigenvalue weighted by Crippen LogP contribution is -2.49. The van der Waals surface area contributed by atoms with E-state index in [0.717, 1.165) is 0 Å². The topological polar surface area (TPSA) is 99.7 Å². The minimum absolute atomic E-state index is 0.0741. The third kappa shape index (κ3) is 4.22. The van der Waals surface area contributed by atoms with Crippen LogP contribution in [-0.4, -0.2) is 49.1 Å². The molecule has 0 saturated carbocycles. The Morgan fingerprint density at radius 3 is 2.50 bits per heavy atom. The fraction of sp³-hybridized carbons (Fsp3) is 0.333. The monoisotopic (exact) mass is 428 g/mol. The number of nitriles is 1. The molecule has 0 N–H and O–H groups in total. The average molecular weight is 429 g/mol. The Bertz CT molecular complexity index is 1010. The van der Waals surface area contributed by atoms with Gasteiger partial charge in [0.25, 0.3) is 5.69 Å². The smallest absolute Gasteiger partial charge is 0.327 e. The van der Waals surface area contributed by atoms with Crippen molar-refractivity contribution < 1.29 is 14.5 Å². The maximum absolute atomic E-state index is 12.5. The maximum Gasteiger partial charge on any atom is 0.327 e. The molecule has 156 valence electrons. The van der Waals surface area contributed by atoms with Crippen molar-refractivity contribution in [3.05, 3.63) is 68.2 Å². The number of nitro groups is 1. The van der Waals surface area contributed by atoms with Gasteiger partial charge in [-0.05, 0) is 24.6 Å². The summed E-state index contributed by atoms with van der Waals surface area (Å²) < 4.78 is 5.01. The number of rotatable bonds is 5. The summed E-state index contributed by atoms with van der Waals surface area (Å²) in [4.78, 5) is 27.4. The number of carbonyl (C=O) groups is 1. The van der Waals surface area contributed by atoms with Gasteiger partial charge in [-0.2, -0.15) is 5.26 Å². The van der Waals surface area contributed by atoms with E-state index in [1.807, 2.05) is 21.9 Å².